The number of piperidine rings is 1. The first-order valence-corrected chi connectivity index (χ1v) is 5.72. The molecule has 1 heterocycles. The fourth-order valence-electron chi connectivity index (χ4n) is 2.21. The van der Waals surface area contributed by atoms with Crippen LogP contribution in [0, 0.1) is 13.8 Å². The van der Waals surface area contributed by atoms with Gasteiger partial charge in [-0.05, 0) is 56.0 Å². The van der Waals surface area contributed by atoms with Crippen molar-refractivity contribution in [1.29, 1.82) is 0 Å². The Bertz CT molecular complexity index is 331. The third-order valence-electron chi connectivity index (χ3n) is 3.37. The molecule has 0 aromatic heterocycles. The number of nitrogens with one attached hydrogen (secondary N) is 1. The molecule has 1 unspecified atom stereocenters. The number of rotatable bonds is 1. The van der Waals surface area contributed by atoms with Gasteiger partial charge >= 0.3 is 0 Å². The van der Waals surface area contributed by atoms with Gasteiger partial charge in [-0.1, -0.05) is 12.5 Å². The van der Waals surface area contributed by atoms with Crippen molar-refractivity contribution in [3.05, 3.63) is 28.8 Å². The van der Waals surface area contributed by atoms with Crippen LogP contribution in [0.3, 0.4) is 0 Å². The quantitative estimate of drug-likeness (QED) is 0.739. The van der Waals surface area contributed by atoms with Crippen molar-refractivity contribution >= 4 is 0 Å². The Labute approximate surface area is 91.3 Å². The summed E-state index contributed by atoms with van der Waals surface area (Å²) in [6.45, 7) is 5.11. The van der Waals surface area contributed by atoms with Crippen LogP contribution in [0.5, 0.6) is 5.75 Å². The van der Waals surface area contributed by atoms with E-state index >= 15 is 0 Å². The number of hydrogen-bond acceptors (Lipinski definition) is 2. The van der Waals surface area contributed by atoms with Gasteiger partial charge in [-0.3, -0.25) is 0 Å². The van der Waals surface area contributed by atoms with Gasteiger partial charge in [0.2, 0.25) is 0 Å². The third-order valence-corrected chi connectivity index (χ3v) is 3.37. The topological polar surface area (TPSA) is 32.3 Å². The van der Waals surface area contributed by atoms with Crippen LogP contribution in [0.25, 0.3) is 0 Å². The van der Waals surface area contributed by atoms with Crippen molar-refractivity contribution in [2.45, 2.75) is 39.2 Å². The van der Waals surface area contributed by atoms with Crippen molar-refractivity contribution < 1.29 is 5.11 Å². The molecule has 0 radical (unpaired) electrons. The predicted molar refractivity (Wildman–Crippen MR) is 62.2 cm³/mol. The molecule has 2 N–H and O–H groups in total. The lowest BCUT2D eigenvalue weighted by Gasteiger charge is -2.24. The second-order valence-corrected chi connectivity index (χ2v) is 4.48. The molecule has 1 fully saturated rings. The van der Waals surface area contributed by atoms with Crippen molar-refractivity contribution in [3.8, 4) is 5.75 Å². The van der Waals surface area contributed by atoms with E-state index in [2.05, 4.69) is 18.3 Å². The number of aryl methyl sites for hydroxylation is 1. The van der Waals surface area contributed by atoms with E-state index in [9.17, 15) is 5.11 Å². The van der Waals surface area contributed by atoms with E-state index in [-0.39, 0.29) is 0 Å². The molecule has 1 saturated heterocycles. The van der Waals surface area contributed by atoms with Crippen LogP contribution < -0.4 is 5.32 Å². The highest BCUT2D eigenvalue weighted by atomic mass is 16.3. The third kappa shape index (κ3) is 2.15. The first-order chi connectivity index (χ1) is 7.18. The second kappa shape index (κ2) is 4.23. The molecule has 1 atom stereocenters. The van der Waals surface area contributed by atoms with Crippen LogP contribution >= 0.6 is 0 Å². The predicted octanol–water partition coefficient (Wildman–Crippen LogP) is 2.82. The molecule has 1 aromatic carbocycles. The molecule has 0 aliphatic carbocycles. The molecule has 15 heavy (non-hydrogen) atoms. The Kier molecular flexibility index (Phi) is 2.96. The summed E-state index contributed by atoms with van der Waals surface area (Å²) >= 11 is 0. The zero-order valence-corrected chi connectivity index (χ0v) is 9.51. The van der Waals surface area contributed by atoms with Gasteiger partial charge in [-0.15, -0.1) is 0 Å². The highest BCUT2D eigenvalue weighted by Crippen LogP contribution is 2.29. The Morgan fingerprint density at radius 2 is 2.07 bits per heavy atom. The summed E-state index contributed by atoms with van der Waals surface area (Å²) in [5, 5.41) is 13.3. The van der Waals surface area contributed by atoms with Crippen LogP contribution in [-0.4, -0.2) is 11.7 Å². The molecular weight excluding hydrogens is 186 g/mol. The summed E-state index contributed by atoms with van der Waals surface area (Å²) in [5.74, 6) is 0.428. The molecule has 0 bridgehead atoms. The van der Waals surface area contributed by atoms with Crippen LogP contribution in [0.15, 0.2) is 12.1 Å². The first-order valence-electron chi connectivity index (χ1n) is 5.72. The number of phenols is 1. The van der Waals surface area contributed by atoms with Gasteiger partial charge in [0.15, 0.2) is 0 Å². The summed E-state index contributed by atoms with van der Waals surface area (Å²) in [5.41, 5.74) is 3.40. The van der Waals surface area contributed by atoms with Gasteiger partial charge in [0.05, 0.1) is 0 Å². The summed E-state index contributed by atoms with van der Waals surface area (Å²) in [6, 6.07) is 4.53. The van der Waals surface area contributed by atoms with Crippen LogP contribution in [0.2, 0.25) is 0 Å². The molecule has 0 amide bonds. The van der Waals surface area contributed by atoms with Gasteiger partial charge in [-0.25, -0.2) is 0 Å². The van der Waals surface area contributed by atoms with Gasteiger partial charge in [-0.2, -0.15) is 0 Å². The number of benzene rings is 1. The Hall–Kier alpha value is -1.02. The highest BCUT2D eigenvalue weighted by molar-refractivity contribution is 5.42. The van der Waals surface area contributed by atoms with E-state index in [4.69, 9.17) is 0 Å². The molecule has 1 aliphatic heterocycles. The van der Waals surface area contributed by atoms with Crippen molar-refractivity contribution in [3.63, 3.8) is 0 Å². The van der Waals surface area contributed by atoms with Crippen LogP contribution in [0.4, 0.5) is 0 Å². The smallest absolute Gasteiger partial charge is 0.119 e. The zero-order valence-electron chi connectivity index (χ0n) is 9.51. The summed E-state index contributed by atoms with van der Waals surface area (Å²) < 4.78 is 0. The number of aromatic hydroxyl groups is 1. The monoisotopic (exact) mass is 205 g/mol. The average molecular weight is 205 g/mol. The minimum absolute atomic E-state index is 0.428. The molecule has 0 spiro atoms. The van der Waals surface area contributed by atoms with Gasteiger partial charge in [0.25, 0.3) is 0 Å². The zero-order chi connectivity index (χ0) is 10.8. The van der Waals surface area contributed by atoms with Gasteiger partial charge in [0, 0.05) is 6.04 Å². The lowest BCUT2D eigenvalue weighted by atomic mass is 9.94. The van der Waals surface area contributed by atoms with Crippen LogP contribution in [0.1, 0.15) is 42.0 Å². The van der Waals surface area contributed by atoms with Gasteiger partial charge in [0.1, 0.15) is 5.75 Å². The first kappa shape index (κ1) is 10.5. The lowest BCUT2D eigenvalue weighted by Crippen LogP contribution is -2.26. The van der Waals surface area contributed by atoms with Crippen LogP contribution in [-0.2, 0) is 0 Å². The van der Waals surface area contributed by atoms with E-state index in [1.807, 2.05) is 13.0 Å². The number of phenolic OH excluding ortho intramolecular Hbond substituents is 1. The Balaban J connectivity index is 2.27. The molecule has 2 rings (SSSR count). The van der Waals surface area contributed by atoms with E-state index < -0.39 is 0 Å². The normalized spacial score (nSPS) is 21.6. The van der Waals surface area contributed by atoms with E-state index in [0.29, 0.717) is 11.8 Å². The highest BCUT2D eigenvalue weighted by Gasteiger charge is 2.16. The Morgan fingerprint density at radius 3 is 2.67 bits per heavy atom. The SMILES string of the molecule is Cc1cc(C2CCCCN2)cc(O)c1C. The number of hydrogen-bond donors (Lipinski definition) is 2. The molecule has 2 nitrogen and oxygen atoms in total. The van der Waals surface area contributed by atoms with Gasteiger partial charge < -0.3 is 10.4 Å². The Morgan fingerprint density at radius 1 is 1.27 bits per heavy atom. The standard InChI is InChI=1S/C13H19NO/c1-9-7-11(8-13(15)10(9)2)12-5-3-4-6-14-12/h7-8,12,14-15H,3-6H2,1-2H3. The summed E-state index contributed by atoms with van der Waals surface area (Å²) in [4.78, 5) is 0. The average Bonchev–Trinajstić information content (AvgIpc) is 2.26. The van der Waals surface area contributed by atoms with E-state index in [1.165, 1.54) is 30.4 Å². The molecule has 1 aliphatic rings. The van der Waals surface area contributed by atoms with Crippen molar-refractivity contribution in [2.24, 2.45) is 0 Å². The minimum atomic E-state index is 0.428. The summed E-state index contributed by atoms with van der Waals surface area (Å²) in [6.07, 6.45) is 3.74. The van der Waals surface area contributed by atoms with E-state index in [1.54, 1.807) is 0 Å². The lowest BCUT2D eigenvalue weighted by molar-refractivity contribution is 0.408. The van der Waals surface area contributed by atoms with Crippen molar-refractivity contribution in [2.75, 3.05) is 6.54 Å². The molecule has 1 aromatic rings. The molecule has 82 valence electrons. The molecular formula is C13H19NO. The van der Waals surface area contributed by atoms with Crippen molar-refractivity contribution in [1.82, 2.24) is 5.32 Å². The fourth-order valence-corrected chi connectivity index (χ4v) is 2.21. The largest absolute Gasteiger partial charge is 0.508 e. The maximum atomic E-state index is 9.78. The van der Waals surface area contributed by atoms with E-state index in [0.717, 1.165) is 12.1 Å². The fraction of sp³-hybridized carbons (Fsp3) is 0.538. The minimum Gasteiger partial charge on any atom is -0.508 e. The maximum absolute atomic E-state index is 9.78. The molecule has 2 heteroatoms. The second-order valence-electron chi connectivity index (χ2n) is 4.48. The molecule has 0 saturated carbocycles. The maximum Gasteiger partial charge on any atom is 0.119 e. The summed E-state index contributed by atoms with van der Waals surface area (Å²) in [7, 11) is 0.